The zero-order valence-electron chi connectivity index (χ0n) is 21.1. The van der Waals surface area contributed by atoms with Gasteiger partial charge in [0.25, 0.3) is 5.69 Å². The molecule has 7 nitrogen and oxygen atoms in total. The summed E-state index contributed by atoms with van der Waals surface area (Å²) in [6.45, 7) is 4.24. The number of benzene rings is 2. The Kier molecular flexibility index (Phi) is 8.87. The molecule has 0 amide bonds. The second-order valence-electron chi connectivity index (χ2n) is 9.96. The molecule has 0 spiro atoms. The molecule has 0 radical (unpaired) electrons. The van der Waals surface area contributed by atoms with Crippen LogP contribution in [-0.2, 0) is 6.18 Å². The second-order valence-corrected chi connectivity index (χ2v) is 10.8. The van der Waals surface area contributed by atoms with Gasteiger partial charge in [-0.3, -0.25) is 10.1 Å². The van der Waals surface area contributed by atoms with E-state index in [-0.39, 0.29) is 11.7 Å². The van der Waals surface area contributed by atoms with Gasteiger partial charge in [0, 0.05) is 68.3 Å². The van der Waals surface area contributed by atoms with E-state index in [9.17, 15) is 23.3 Å². The van der Waals surface area contributed by atoms with E-state index in [1.165, 1.54) is 11.8 Å². The van der Waals surface area contributed by atoms with Gasteiger partial charge in [0.1, 0.15) is 5.56 Å². The predicted octanol–water partition coefficient (Wildman–Crippen LogP) is 6.28. The lowest BCUT2D eigenvalue weighted by molar-refractivity contribution is -0.388. The van der Waals surface area contributed by atoms with Crippen LogP contribution in [0.5, 0.6) is 0 Å². The van der Waals surface area contributed by atoms with Crippen LogP contribution in [0.3, 0.4) is 0 Å². The standard InChI is InChI=1S/C26H31ClF3N5O2S/c1-32(17-18-8-12-33(13-9-18)22-5-2-19(27)3-6-22)25(38)34-14-10-20(11-15-34)31-21-4-7-24(35(36)37)23(16-21)26(28,29)30/h2-7,16,18,20,31H,8-15,17H2,1H3. The number of piperidine rings is 2. The number of alkyl halides is 3. The number of nitro groups is 1. The summed E-state index contributed by atoms with van der Waals surface area (Å²) in [4.78, 5) is 16.6. The molecular weight excluding hydrogens is 539 g/mol. The minimum atomic E-state index is -4.80. The molecule has 4 rings (SSSR count). The average molecular weight is 570 g/mol. The van der Waals surface area contributed by atoms with E-state index >= 15 is 0 Å². The summed E-state index contributed by atoms with van der Waals surface area (Å²) in [5, 5.41) is 15.6. The monoisotopic (exact) mass is 569 g/mol. The van der Waals surface area contributed by atoms with Gasteiger partial charge >= 0.3 is 6.18 Å². The fourth-order valence-electron chi connectivity index (χ4n) is 5.20. The minimum absolute atomic E-state index is 0.0425. The largest absolute Gasteiger partial charge is 0.423 e. The van der Waals surface area contributed by atoms with Crippen LogP contribution in [-0.4, -0.2) is 65.6 Å². The van der Waals surface area contributed by atoms with Gasteiger partial charge in [0.05, 0.1) is 4.92 Å². The molecule has 12 heteroatoms. The molecule has 2 saturated heterocycles. The van der Waals surface area contributed by atoms with Crippen LogP contribution in [0.2, 0.25) is 5.02 Å². The molecule has 2 heterocycles. The maximum atomic E-state index is 13.3. The molecule has 2 fully saturated rings. The van der Waals surface area contributed by atoms with Crippen LogP contribution in [0.25, 0.3) is 0 Å². The Hall–Kier alpha value is -2.79. The van der Waals surface area contributed by atoms with Crippen molar-refractivity contribution in [3.05, 3.63) is 63.2 Å². The molecule has 38 heavy (non-hydrogen) atoms. The highest BCUT2D eigenvalue weighted by molar-refractivity contribution is 7.80. The van der Waals surface area contributed by atoms with Gasteiger partial charge in [-0.25, -0.2) is 0 Å². The number of halogens is 4. The zero-order valence-corrected chi connectivity index (χ0v) is 22.7. The van der Waals surface area contributed by atoms with Gasteiger partial charge in [0.2, 0.25) is 0 Å². The number of nitrogens with zero attached hydrogens (tertiary/aromatic N) is 4. The first-order chi connectivity index (χ1) is 18.0. The molecule has 2 aromatic rings. The maximum Gasteiger partial charge on any atom is 0.423 e. The normalized spacial score (nSPS) is 17.4. The number of rotatable bonds is 6. The van der Waals surface area contributed by atoms with Crippen LogP contribution in [0.1, 0.15) is 31.2 Å². The van der Waals surface area contributed by atoms with Gasteiger partial charge in [0.15, 0.2) is 5.11 Å². The van der Waals surface area contributed by atoms with E-state index in [1.54, 1.807) is 0 Å². The van der Waals surface area contributed by atoms with E-state index in [0.29, 0.717) is 31.8 Å². The predicted molar refractivity (Wildman–Crippen MR) is 148 cm³/mol. The summed E-state index contributed by atoms with van der Waals surface area (Å²) in [5.41, 5.74) is -0.767. The smallest absolute Gasteiger partial charge is 0.382 e. The summed E-state index contributed by atoms with van der Waals surface area (Å²) in [6, 6.07) is 11.0. The van der Waals surface area contributed by atoms with Crippen LogP contribution in [0.15, 0.2) is 42.5 Å². The third-order valence-electron chi connectivity index (χ3n) is 7.30. The van der Waals surface area contributed by atoms with E-state index in [1.807, 2.05) is 19.2 Å². The highest BCUT2D eigenvalue weighted by Crippen LogP contribution is 2.38. The van der Waals surface area contributed by atoms with Crippen LogP contribution < -0.4 is 10.2 Å². The SMILES string of the molecule is CN(CC1CCN(c2ccc(Cl)cc2)CC1)C(=S)N1CCC(Nc2ccc([N+](=O)[O-])c(C(F)(F)F)c2)CC1. The Morgan fingerprint density at radius 1 is 1.11 bits per heavy atom. The fraction of sp³-hybridized carbons (Fsp3) is 0.500. The lowest BCUT2D eigenvalue weighted by Gasteiger charge is -2.40. The van der Waals surface area contributed by atoms with Crippen LogP contribution >= 0.6 is 23.8 Å². The Morgan fingerprint density at radius 2 is 1.74 bits per heavy atom. The first-order valence-corrected chi connectivity index (χ1v) is 13.4. The Morgan fingerprint density at radius 3 is 2.32 bits per heavy atom. The van der Waals surface area contributed by atoms with E-state index < -0.39 is 22.4 Å². The van der Waals surface area contributed by atoms with E-state index in [0.717, 1.165) is 54.7 Å². The molecule has 1 N–H and O–H groups in total. The van der Waals surface area contributed by atoms with Crippen LogP contribution in [0.4, 0.5) is 30.2 Å². The lowest BCUT2D eigenvalue weighted by atomic mass is 9.96. The van der Waals surface area contributed by atoms with Crippen molar-refractivity contribution in [1.29, 1.82) is 0 Å². The van der Waals surface area contributed by atoms with Gasteiger partial charge in [-0.2, -0.15) is 13.2 Å². The number of anilines is 2. The highest BCUT2D eigenvalue weighted by Gasteiger charge is 2.38. The summed E-state index contributed by atoms with van der Waals surface area (Å²) in [5.74, 6) is 0.547. The summed E-state index contributed by atoms with van der Waals surface area (Å²) < 4.78 is 39.9. The lowest BCUT2D eigenvalue weighted by Crippen LogP contribution is -2.49. The minimum Gasteiger partial charge on any atom is -0.382 e. The quantitative estimate of drug-likeness (QED) is 0.250. The van der Waals surface area contributed by atoms with Gasteiger partial charge in [-0.1, -0.05) is 11.6 Å². The topological polar surface area (TPSA) is 64.9 Å². The molecule has 2 aliphatic rings. The molecular formula is C26H31ClF3N5O2S. The molecule has 0 saturated carbocycles. The second kappa shape index (κ2) is 11.9. The number of likely N-dealkylation sites (tertiary alicyclic amines) is 1. The van der Waals surface area contributed by atoms with Gasteiger partial charge in [-0.15, -0.1) is 0 Å². The van der Waals surface area contributed by atoms with Gasteiger partial charge < -0.3 is 20.0 Å². The number of hydrogen-bond donors (Lipinski definition) is 1. The van der Waals surface area contributed by atoms with Crippen molar-refractivity contribution in [1.82, 2.24) is 9.80 Å². The van der Waals surface area contributed by atoms with Gasteiger partial charge in [-0.05, 0) is 80.2 Å². The zero-order chi connectivity index (χ0) is 27.4. The number of hydrogen-bond acceptors (Lipinski definition) is 5. The molecule has 0 atom stereocenters. The van der Waals surface area contributed by atoms with Crippen molar-refractivity contribution in [2.75, 3.05) is 50.0 Å². The summed E-state index contributed by atoms with van der Waals surface area (Å²) >= 11 is 11.8. The Bertz CT molecular complexity index is 1130. The van der Waals surface area contributed by atoms with Crippen molar-refractivity contribution >= 4 is 46.0 Å². The third kappa shape index (κ3) is 6.99. The molecule has 2 aliphatic heterocycles. The van der Waals surface area contributed by atoms with Crippen molar-refractivity contribution in [3.63, 3.8) is 0 Å². The summed E-state index contributed by atoms with van der Waals surface area (Å²) in [7, 11) is 2.02. The number of thiocarbonyl (C=S) groups is 1. The first-order valence-electron chi connectivity index (χ1n) is 12.6. The van der Waals surface area contributed by atoms with Crippen molar-refractivity contribution in [3.8, 4) is 0 Å². The average Bonchev–Trinajstić information content (AvgIpc) is 2.89. The first kappa shape index (κ1) is 28.2. The van der Waals surface area contributed by atoms with Crippen molar-refractivity contribution in [2.24, 2.45) is 5.92 Å². The highest BCUT2D eigenvalue weighted by atomic mass is 35.5. The van der Waals surface area contributed by atoms with E-state index in [4.69, 9.17) is 23.8 Å². The third-order valence-corrected chi connectivity index (χ3v) is 8.12. The molecule has 0 unspecified atom stereocenters. The Labute approximate surface area is 230 Å². The molecule has 0 aromatic heterocycles. The molecule has 206 valence electrons. The summed E-state index contributed by atoms with van der Waals surface area (Å²) in [6.07, 6.45) is -1.24. The molecule has 2 aromatic carbocycles. The number of nitrogens with one attached hydrogen (secondary N) is 1. The van der Waals surface area contributed by atoms with Crippen molar-refractivity contribution < 1.29 is 18.1 Å². The fourth-order valence-corrected chi connectivity index (χ4v) is 5.58. The molecule has 0 bridgehead atoms. The van der Waals surface area contributed by atoms with Crippen molar-refractivity contribution in [2.45, 2.75) is 37.9 Å². The van der Waals surface area contributed by atoms with E-state index in [2.05, 4.69) is 32.1 Å². The Balaban J connectivity index is 1.24. The maximum absolute atomic E-state index is 13.3. The number of nitro benzene ring substituents is 1. The van der Waals surface area contributed by atoms with Crippen LogP contribution in [0, 0.1) is 16.0 Å². The molecule has 0 aliphatic carbocycles.